The molecular weight excluding hydrogens is 328 g/mol. The Hall–Kier alpha value is -2.35. The summed E-state index contributed by atoms with van der Waals surface area (Å²) in [7, 11) is 2.24. The molecule has 0 aliphatic carbocycles. The third kappa shape index (κ3) is 5.09. The first kappa shape index (κ1) is 19.4. The van der Waals surface area contributed by atoms with Crippen molar-refractivity contribution in [3.63, 3.8) is 0 Å². The van der Waals surface area contributed by atoms with Crippen molar-refractivity contribution < 1.29 is 4.57 Å². The summed E-state index contributed by atoms with van der Waals surface area (Å²) in [6.07, 6.45) is 8.27. The summed E-state index contributed by atoms with van der Waals surface area (Å²) in [5, 5.41) is 0. The van der Waals surface area contributed by atoms with E-state index in [1.54, 1.807) is 0 Å². The van der Waals surface area contributed by atoms with Crippen molar-refractivity contribution in [3.05, 3.63) is 89.5 Å². The Kier molecular flexibility index (Phi) is 6.86. The number of imidazole rings is 1. The van der Waals surface area contributed by atoms with Crippen LogP contribution in [0.25, 0.3) is 0 Å². The van der Waals surface area contributed by atoms with Gasteiger partial charge in [-0.1, -0.05) is 80.9 Å². The van der Waals surface area contributed by atoms with E-state index in [1.807, 2.05) is 0 Å². The van der Waals surface area contributed by atoms with Gasteiger partial charge in [-0.2, -0.15) is 0 Å². The van der Waals surface area contributed by atoms with Crippen LogP contribution in [0.4, 0.5) is 0 Å². The van der Waals surface area contributed by atoms with Gasteiger partial charge in [0.25, 0.3) is 5.82 Å². The maximum absolute atomic E-state index is 2.50. The average Bonchev–Trinajstić information content (AvgIpc) is 2.99. The Morgan fingerprint density at radius 2 is 1.59 bits per heavy atom. The predicted molar refractivity (Wildman–Crippen MR) is 113 cm³/mol. The lowest BCUT2D eigenvalue weighted by atomic mass is 9.96. The molecule has 1 unspecified atom stereocenters. The van der Waals surface area contributed by atoms with Crippen LogP contribution in [-0.2, 0) is 26.4 Å². The van der Waals surface area contributed by atoms with Gasteiger partial charge in [0, 0.05) is 6.42 Å². The average molecular weight is 362 g/mol. The van der Waals surface area contributed by atoms with Crippen molar-refractivity contribution in [1.29, 1.82) is 0 Å². The SMILES string of the molecule is CCCCCn1cc(CC(C)c2ccccc2)[n+](C)c1Cc1ccccc1. The minimum Gasteiger partial charge on any atom is -0.234 e. The van der Waals surface area contributed by atoms with Crippen molar-refractivity contribution in [2.45, 2.75) is 58.4 Å². The number of nitrogens with zero attached hydrogens (tertiary/aromatic N) is 2. The molecule has 0 amide bonds. The first-order valence-electron chi connectivity index (χ1n) is 10.3. The van der Waals surface area contributed by atoms with E-state index < -0.39 is 0 Å². The molecule has 0 bridgehead atoms. The number of benzene rings is 2. The second kappa shape index (κ2) is 9.55. The van der Waals surface area contributed by atoms with Crippen molar-refractivity contribution in [2.75, 3.05) is 0 Å². The van der Waals surface area contributed by atoms with Crippen LogP contribution < -0.4 is 4.57 Å². The van der Waals surface area contributed by atoms with Crippen LogP contribution in [0.3, 0.4) is 0 Å². The number of aryl methyl sites for hydroxylation is 1. The van der Waals surface area contributed by atoms with E-state index in [2.05, 4.69) is 96.9 Å². The van der Waals surface area contributed by atoms with Crippen LogP contribution in [0, 0.1) is 0 Å². The molecule has 3 rings (SSSR count). The fourth-order valence-electron chi connectivity index (χ4n) is 3.83. The largest absolute Gasteiger partial charge is 0.260 e. The summed E-state index contributed by atoms with van der Waals surface area (Å²) in [6, 6.07) is 21.7. The van der Waals surface area contributed by atoms with E-state index in [0.29, 0.717) is 5.92 Å². The van der Waals surface area contributed by atoms with Gasteiger partial charge < -0.3 is 0 Å². The topological polar surface area (TPSA) is 8.81 Å². The molecule has 0 spiro atoms. The van der Waals surface area contributed by atoms with Gasteiger partial charge in [0.05, 0.1) is 20.0 Å². The Morgan fingerprint density at radius 1 is 0.926 bits per heavy atom. The van der Waals surface area contributed by atoms with Gasteiger partial charge in [-0.05, 0) is 29.9 Å². The highest BCUT2D eigenvalue weighted by atomic mass is 15.1. The van der Waals surface area contributed by atoms with Crippen LogP contribution in [0.5, 0.6) is 0 Å². The highest BCUT2D eigenvalue weighted by Crippen LogP contribution is 2.20. The Morgan fingerprint density at radius 3 is 2.26 bits per heavy atom. The smallest absolute Gasteiger partial charge is 0.234 e. The van der Waals surface area contributed by atoms with Gasteiger partial charge in [0.1, 0.15) is 11.9 Å². The second-order valence-corrected chi connectivity index (χ2v) is 7.67. The number of hydrogen-bond acceptors (Lipinski definition) is 0. The van der Waals surface area contributed by atoms with Crippen LogP contribution >= 0.6 is 0 Å². The van der Waals surface area contributed by atoms with Crippen molar-refractivity contribution in [2.24, 2.45) is 7.05 Å². The lowest BCUT2D eigenvalue weighted by Gasteiger charge is -2.10. The number of rotatable bonds is 9. The van der Waals surface area contributed by atoms with Gasteiger partial charge >= 0.3 is 0 Å². The van der Waals surface area contributed by atoms with E-state index in [0.717, 1.165) is 19.4 Å². The lowest BCUT2D eigenvalue weighted by molar-refractivity contribution is -0.685. The summed E-state index contributed by atoms with van der Waals surface area (Å²) >= 11 is 0. The third-order valence-corrected chi connectivity index (χ3v) is 5.55. The Bertz CT molecular complexity index is 818. The normalized spacial score (nSPS) is 12.3. The molecule has 1 aromatic heterocycles. The Labute approximate surface area is 164 Å². The molecule has 3 aromatic rings. The van der Waals surface area contributed by atoms with Gasteiger partial charge in [-0.15, -0.1) is 0 Å². The molecule has 0 aliphatic heterocycles. The maximum Gasteiger partial charge on any atom is 0.260 e. The number of hydrogen-bond donors (Lipinski definition) is 0. The summed E-state index contributed by atoms with van der Waals surface area (Å²) in [6.45, 7) is 5.72. The minimum absolute atomic E-state index is 0.522. The minimum atomic E-state index is 0.522. The van der Waals surface area contributed by atoms with E-state index in [4.69, 9.17) is 0 Å². The van der Waals surface area contributed by atoms with Crippen LogP contribution in [0.1, 0.15) is 61.7 Å². The predicted octanol–water partition coefficient (Wildman–Crippen LogP) is 5.44. The lowest BCUT2D eigenvalue weighted by Crippen LogP contribution is -2.37. The van der Waals surface area contributed by atoms with E-state index in [9.17, 15) is 0 Å². The first-order valence-corrected chi connectivity index (χ1v) is 10.3. The highest BCUT2D eigenvalue weighted by Gasteiger charge is 2.22. The molecule has 1 atom stereocenters. The van der Waals surface area contributed by atoms with Crippen molar-refractivity contribution >= 4 is 0 Å². The van der Waals surface area contributed by atoms with Crippen molar-refractivity contribution in [3.8, 4) is 0 Å². The van der Waals surface area contributed by atoms with Gasteiger partial charge in [-0.25, -0.2) is 9.13 Å². The van der Waals surface area contributed by atoms with E-state index in [-0.39, 0.29) is 0 Å². The van der Waals surface area contributed by atoms with Gasteiger partial charge in [-0.3, -0.25) is 0 Å². The molecule has 0 fully saturated rings. The summed E-state index contributed by atoms with van der Waals surface area (Å²) in [5.74, 6) is 1.93. The van der Waals surface area contributed by atoms with E-state index >= 15 is 0 Å². The number of aromatic nitrogens is 2. The summed E-state index contributed by atoms with van der Waals surface area (Å²) in [5.41, 5.74) is 4.22. The van der Waals surface area contributed by atoms with Gasteiger partial charge in [0.15, 0.2) is 0 Å². The summed E-state index contributed by atoms with van der Waals surface area (Å²) in [4.78, 5) is 0. The van der Waals surface area contributed by atoms with Crippen LogP contribution in [0.2, 0.25) is 0 Å². The van der Waals surface area contributed by atoms with Crippen molar-refractivity contribution in [1.82, 2.24) is 4.57 Å². The Balaban J connectivity index is 1.84. The monoisotopic (exact) mass is 361 g/mol. The molecule has 2 heteroatoms. The molecule has 0 saturated heterocycles. The second-order valence-electron chi connectivity index (χ2n) is 7.67. The first-order chi connectivity index (χ1) is 13.2. The molecule has 0 radical (unpaired) electrons. The van der Waals surface area contributed by atoms with E-state index in [1.165, 1.54) is 41.9 Å². The standard InChI is InChI=1S/C25H33N2/c1-4-5-12-17-27-20-24(18-21(2)23-15-10-7-11-16-23)26(3)25(27)19-22-13-8-6-9-14-22/h6-11,13-16,20-21H,4-5,12,17-19H2,1-3H3/q+1. The quantitative estimate of drug-likeness (QED) is 0.354. The molecule has 0 aliphatic rings. The zero-order valence-electron chi connectivity index (χ0n) is 17.1. The molecule has 2 aromatic carbocycles. The molecule has 142 valence electrons. The highest BCUT2D eigenvalue weighted by molar-refractivity contribution is 5.21. The van der Waals surface area contributed by atoms with Crippen LogP contribution in [0.15, 0.2) is 66.9 Å². The molecule has 2 nitrogen and oxygen atoms in total. The zero-order valence-corrected chi connectivity index (χ0v) is 17.1. The molecule has 1 heterocycles. The molecule has 27 heavy (non-hydrogen) atoms. The fraction of sp³-hybridized carbons (Fsp3) is 0.400. The molecular formula is C25H33N2+. The molecule has 0 saturated carbocycles. The van der Waals surface area contributed by atoms with Gasteiger partial charge in [0.2, 0.25) is 0 Å². The number of unbranched alkanes of at least 4 members (excludes halogenated alkanes) is 2. The zero-order chi connectivity index (χ0) is 19.1. The maximum atomic E-state index is 2.50. The molecule has 0 N–H and O–H groups in total. The summed E-state index contributed by atoms with van der Waals surface area (Å²) < 4.78 is 4.92. The van der Waals surface area contributed by atoms with Crippen LogP contribution in [-0.4, -0.2) is 4.57 Å². The fourth-order valence-corrected chi connectivity index (χ4v) is 3.83. The third-order valence-electron chi connectivity index (χ3n) is 5.55.